The Bertz CT molecular complexity index is 650. The Labute approximate surface area is 155 Å². The molecule has 0 N–H and O–H groups in total. The predicted molar refractivity (Wildman–Crippen MR) is 98.9 cm³/mol. The molecule has 3 heterocycles. The molecule has 26 heavy (non-hydrogen) atoms. The van der Waals surface area contributed by atoms with Crippen LogP contribution >= 0.6 is 0 Å². The number of hydrogen-bond donors (Lipinski definition) is 0. The minimum atomic E-state index is -0.0612. The zero-order valence-corrected chi connectivity index (χ0v) is 15.4. The summed E-state index contributed by atoms with van der Waals surface area (Å²) in [6.45, 7) is 3.12. The van der Waals surface area contributed by atoms with E-state index in [0.717, 1.165) is 70.2 Å². The second-order valence-corrected chi connectivity index (χ2v) is 7.62. The van der Waals surface area contributed by atoms with Gasteiger partial charge in [0.25, 0.3) is 0 Å². The number of allylic oxidation sites excluding steroid dienone is 1. The molecule has 0 radical (unpaired) electrons. The van der Waals surface area contributed by atoms with Crippen molar-refractivity contribution in [3.05, 3.63) is 36.0 Å². The molecule has 3 aliphatic rings. The van der Waals surface area contributed by atoms with E-state index in [1.54, 1.807) is 6.20 Å². The fraction of sp³-hybridized carbons (Fsp3) is 0.619. The number of ether oxygens (including phenoxy) is 2. The molecule has 0 unspecified atom stereocenters. The highest BCUT2D eigenvalue weighted by Crippen LogP contribution is 2.42. The van der Waals surface area contributed by atoms with Crippen LogP contribution in [0.1, 0.15) is 44.9 Å². The van der Waals surface area contributed by atoms with Gasteiger partial charge in [-0.15, -0.1) is 0 Å². The summed E-state index contributed by atoms with van der Waals surface area (Å²) >= 11 is 0. The first-order valence-electron chi connectivity index (χ1n) is 9.93. The molecule has 2 saturated heterocycles. The molecule has 5 nitrogen and oxygen atoms in total. The molecule has 0 aromatic carbocycles. The Morgan fingerprint density at radius 3 is 2.96 bits per heavy atom. The quantitative estimate of drug-likeness (QED) is 0.812. The number of pyridine rings is 1. The smallest absolute Gasteiger partial charge is 0.249 e. The van der Waals surface area contributed by atoms with E-state index in [2.05, 4.69) is 11.1 Å². The first-order chi connectivity index (χ1) is 12.8. The SMILES string of the molecule is O=C(C1=CCCC1)N1CCC2(CC1)OCC[C@H]2CCOc1ccccn1. The van der Waals surface area contributed by atoms with Gasteiger partial charge in [0.1, 0.15) is 0 Å². The van der Waals surface area contributed by atoms with E-state index in [0.29, 0.717) is 18.4 Å². The van der Waals surface area contributed by atoms with Crippen molar-refractivity contribution in [2.75, 3.05) is 26.3 Å². The van der Waals surface area contributed by atoms with Crippen molar-refractivity contribution in [2.24, 2.45) is 5.92 Å². The highest BCUT2D eigenvalue weighted by atomic mass is 16.5. The van der Waals surface area contributed by atoms with Gasteiger partial charge in [-0.1, -0.05) is 12.1 Å². The van der Waals surface area contributed by atoms with E-state index < -0.39 is 0 Å². The van der Waals surface area contributed by atoms with E-state index >= 15 is 0 Å². The molecule has 5 heteroatoms. The van der Waals surface area contributed by atoms with Gasteiger partial charge in [-0.3, -0.25) is 4.79 Å². The van der Waals surface area contributed by atoms with Gasteiger partial charge in [-0.2, -0.15) is 0 Å². The molecule has 2 aliphatic heterocycles. The van der Waals surface area contributed by atoms with Crippen molar-refractivity contribution in [1.29, 1.82) is 0 Å². The van der Waals surface area contributed by atoms with Crippen LogP contribution in [0.25, 0.3) is 0 Å². The summed E-state index contributed by atoms with van der Waals surface area (Å²) in [5.41, 5.74) is 0.961. The molecule has 2 fully saturated rings. The first kappa shape index (κ1) is 17.5. The zero-order chi connectivity index (χ0) is 17.8. The molecule has 1 aliphatic carbocycles. The third kappa shape index (κ3) is 3.63. The zero-order valence-electron chi connectivity index (χ0n) is 15.4. The van der Waals surface area contributed by atoms with Crippen LogP contribution in [0.5, 0.6) is 5.88 Å². The molecule has 1 aromatic heterocycles. The fourth-order valence-electron chi connectivity index (χ4n) is 4.64. The lowest BCUT2D eigenvalue weighted by Crippen LogP contribution is -2.49. The summed E-state index contributed by atoms with van der Waals surface area (Å²) in [4.78, 5) is 18.8. The summed E-state index contributed by atoms with van der Waals surface area (Å²) in [7, 11) is 0. The molecule has 0 bridgehead atoms. The van der Waals surface area contributed by atoms with E-state index in [1.807, 2.05) is 23.1 Å². The Morgan fingerprint density at radius 1 is 1.35 bits per heavy atom. The maximum absolute atomic E-state index is 12.6. The molecule has 1 aromatic rings. The second-order valence-electron chi connectivity index (χ2n) is 7.62. The Balaban J connectivity index is 1.29. The summed E-state index contributed by atoms with van der Waals surface area (Å²) in [6.07, 6.45) is 11.0. The number of hydrogen-bond acceptors (Lipinski definition) is 4. The topological polar surface area (TPSA) is 51.7 Å². The van der Waals surface area contributed by atoms with Crippen molar-refractivity contribution in [2.45, 2.75) is 50.5 Å². The van der Waals surface area contributed by atoms with Gasteiger partial charge < -0.3 is 14.4 Å². The van der Waals surface area contributed by atoms with Gasteiger partial charge in [-0.05, 0) is 56.9 Å². The lowest BCUT2D eigenvalue weighted by Gasteiger charge is -2.42. The highest BCUT2D eigenvalue weighted by Gasteiger charge is 2.46. The molecule has 4 rings (SSSR count). The minimum Gasteiger partial charge on any atom is -0.478 e. The molecule has 1 atom stereocenters. The third-order valence-electron chi connectivity index (χ3n) is 6.17. The van der Waals surface area contributed by atoms with Gasteiger partial charge in [0.2, 0.25) is 11.8 Å². The molecule has 140 valence electrons. The predicted octanol–water partition coefficient (Wildman–Crippen LogP) is 3.36. The van der Waals surface area contributed by atoms with Crippen LogP contribution < -0.4 is 4.74 Å². The molecule has 1 spiro atoms. The summed E-state index contributed by atoms with van der Waals surface area (Å²) < 4.78 is 12.0. The number of amides is 1. The second kappa shape index (κ2) is 7.78. The Kier molecular flexibility index (Phi) is 5.25. The standard InChI is InChI=1S/C21H28N2O3/c24-20(17-5-1-2-6-17)23-13-10-21(11-14-23)18(9-16-26-21)8-15-25-19-7-3-4-12-22-19/h3-5,7,12,18H,1-2,6,8-11,13-16H2/t18-/m1/s1. The van der Waals surface area contributed by atoms with E-state index in [-0.39, 0.29) is 11.5 Å². The average molecular weight is 356 g/mol. The van der Waals surface area contributed by atoms with Gasteiger partial charge in [0.05, 0.1) is 12.2 Å². The average Bonchev–Trinajstić information content (AvgIpc) is 3.34. The van der Waals surface area contributed by atoms with Crippen LogP contribution in [0.2, 0.25) is 0 Å². The van der Waals surface area contributed by atoms with Crippen LogP contribution in [-0.2, 0) is 9.53 Å². The van der Waals surface area contributed by atoms with Crippen LogP contribution in [0.15, 0.2) is 36.0 Å². The fourth-order valence-corrected chi connectivity index (χ4v) is 4.64. The van der Waals surface area contributed by atoms with Gasteiger partial charge in [0, 0.05) is 37.5 Å². The third-order valence-corrected chi connectivity index (χ3v) is 6.17. The van der Waals surface area contributed by atoms with Crippen LogP contribution in [-0.4, -0.2) is 47.7 Å². The molecular formula is C21H28N2O3. The highest BCUT2D eigenvalue weighted by molar-refractivity contribution is 5.93. The summed E-state index contributed by atoms with van der Waals surface area (Å²) in [5.74, 6) is 1.45. The van der Waals surface area contributed by atoms with Gasteiger partial charge in [-0.25, -0.2) is 4.98 Å². The first-order valence-corrected chi connectivity index (χ1v) is 9.93. The molecule has 0 saturated carbocycles. The van der Waals surface area contributed by atoms with Crippen LogP contribution in [0, 0.1) is 5.92 Å². The maximum atomic E-state index is 12.6. The van der Waals surface area contributed by atoms with E-state index in [1.165, 1.54) is 0 Å². The largest absolute Gasteiger partial charge is 0.478 e. The number of carbonyl (C=O) groups is 1. The monoisotopic (exact) mass is 356 g/mol. The number of carbonyl (C=O) groups excluding carboxylic acids is 1. The van der Waals surface area contributed by atoms with E-state index in [4.69, 9.17) is 9.47 Å². The van der Waals surface area contributed by atoms with Gasteiger partial charge >= 0.3 is 0 Å². The lowest BCUT2D eigenvalue weighted by molar-refractivity contribution is -0.133. The van der Waals surface area contributed by atoms with E-state index in [9.17, 15) is 4.79 Å². The van der Waals surface area contributed by atoms with Crippen LogP contribution in [0.4, 0.5) is 0 Å². The van der Waals surface area contributed by atoms with Crippen molar-refractivity contribution in [3.8, 4) is 5.88 Å². The maximum Gasteiger partial charge on any atom is 0.249 e. The van der Waals surface area contributed by atoms with Crippen molar-refractivity contribution in [1.82, 2.24) is 9.88 Å². The number of aromatic nitrogens is 1. The van der Waals surface area contributed by atoms with Crippen molar-refractivity contribution >= 4 is 5.91 Å². The normalized spacial score (nSPS) is 24.7. The summed E-state index contributed by atoms with van der Waals surface area (Å²) in [5, 5.41) is 0. The minimum absolute atomic E-state index is 0.0612. The number of piperidine rings is 1. The Hall–Kier alpha value is -1.88. The number of rotatable bonds is 5. The van der Waals surface area contributed by atoms with Crippen LogP contribution in [0.3, 0.4) is 0 Å². The Morgan fingerprint density at radius 2 is 2.23 bits per heavy atom. The molecule has 1 amide bonds. The van der Waals surface area contributed by atoms with Crippen molar-refractivity contribution < 1.29 is 14.3 Å². The summed E-state index contributed by atoms with van der Waals surface area (Å²) in [6, 6.07) is 5.72. The van der Waals surface area contributed by atoms with Gasteiger partial charge in [0.15, 0.2) is 0 Å². The number of likely N-dealkylation sites (tertiary alicyclic amines) is 1. The van der Waals surface area contributed by atoms with Crippen molar-refractivity contribution in [3.63, 3.8) is 0 Å². The molecular weight excluding hydrogens is 328 g/mol. The number of nitrogens with zero attached hydrogens (tertiary/aromatic N) is 2. The lowest BCUT2D eigenvalue weighted by atomic mass is 9.78.